The van der Waals surface area contributed by atoms with E-state index in [9.17, 15) is 28.1 Å². The van der Waals surface area contributed by atoms with Crippen molar-refractivity contribution in [2.75, 3.05) is 29.0 Å². The van der Waals surface area contributed by atoms with Gasteiger partial charge in [0.1, 0.15) is 12.5 Å². The normalized spacial score (nSPS) is 14.9. The van der Waals surface area contributed by atoms with Crippen molar-refractivity contribution in [1.29, 1.82) is 0 Å². The number of carbonyl (C=O) groups is 2. The van der Waals surface area contributed by atoms with Gasteiger partial charge in [-0.1, -0.05) is 30.3 Å². The number of hydrogen-bond acceptors (Lipinski definition) is 8. The monoisotopic (exact) mass is 536 g/mol. The molecule has 0 fully saturated rings. The topological polar surface area (TPSA) is 148 Å². The lowest BCUT2D eigenvalue weighted by Gasteiger charge is -2.21. The molecule has 1 unspecified atom stereocenters. The summed E-state index contributed by atoms with van der Waals surface area (Å²) in [6.45, 7) is 1.26. The Kier molecular flexibility index (Phi) is 7.53. The van der Waals surface area contributed by atoms with E-state index < -0.39 is 33.4 Å². The van der Waals surface area contributed by atoms with Gasteiger partial charge in [0.2, 0.25) is 15.9 Å². The average Bonchev–Trinajstić information content (AvgIpc) is 3.21. The van der Waals surface area contributed by atoms with Crippen molar-refractivity contribution in [2.45, 2.75) is 12.8 Å². The van der Waals surface area contributed by atoms with Crippen LogP contribution in [-0.4, -0.2) is 50.3 Å². The average molecular weight is 537 g/mol. The summed E-state index contributed by atoms with van der Waals surface area (Å²) in [7, 11) is -3.79. The van der Waals surface area contributed by atoms with Crippen LogP contribution in [0.15, 0.2) is 77.8 Å². The van der Waals surface area contributed by atoms with Gasteiger partial charge in [-0.2, -0.15) is 0 Å². The number of rotatable bonds is 9. The number of anilines is 2. The Morgan fingerprint density at radius 2 is 1.79 bits per heavy atom. The number of aliphatic imine (C=N–C) groups is 1. The van der Waals surface area contributed by atoms with Crippen LogP contribution in [0.25, 0.3) is 0 Å². The zero-order valence-corrected chi connectivity index (χ0v) is 21.3. The second-order valence-electron chi connectivity index (χ2n) is 8.41. The molecule has 0 radical (unpaired) electrons. The fraction of sp³-hybridized carbons (Fsp3) is 0.192. The Morgan fingerprint density at radius 3 is 2.39 bits per heavy atom. The summed E-state index contributed by atoms with van der Waals surface area (Å²) in [4.78, 5) is 40.6. The number of nitro groups is 1. The first-order valence-corrected chi connectivity index (χ1v) is 13.4. The molecule has 3 aromatic rings. The molecule has 196 valence electrons. The number of nitrogens with zero attached hydrogens (tertiary/aromatic N) is 3. The molecule has 0 spiro atoms. The molecule has 0 saturated carbocycles. The number of non-ortho nitro benzene ring substituents is 1. The van der Waals surface area contributed by atoms with Crippen LogP contribution < -0.4 is 9.62 Å². The van der Waals surface area contributed by atoms with Gasteiger partial charge in [0.05, 0.1) is 34.9 Å². The first-order valence-electron chi connectivity index (χ1n) is 11.5. The van der Waals surface area contributed by atoms with Crippen molar-refractivity contribution < 1.29 is 27.7 Å². The highest BCUT2D eigenvalue weighted by molar-refractivity contribution is 7.92. The van der Waals surface area contributed by atoms with Crippen molar-refractivity contribution in [1.82, 2.24) is 0 Å². The molecule has 1 aliphatic heterocycles. The van der Waals surface area contributed by atoms with Crippen LogP contribution >= 0.6 is 0 Å². The molecule has 11 nitrogen and oxygen atoms in total. The molecule has 12 heteroatoms. The number of fused-ring (bicyclic) bond motifs is 1. The summed E-state index contributed by atoms with van der Waals surface area (Å²) in [6.07, 6.45) is 0.987. The Hall–Kier alpha value is -4.58. The first kappa shape index (κ1) is 26.5. The number of nitrogens with one attached hydrogen (secondary N) is 1. The van der Waals surface area contributed by atoms with Gasteiger partial charge >= 0.3 is 5.97 Å². The second-order valence-corrected chi connectivity index (χ2v) is 10.3. The largest absolute Gasteiger partial charge is 0.465 e. The van der Waals surface area contributed by atoms with E-state index in [4.69, 9.17) is 9.73 Å². The van der Waals surface area contributed by atoms with Crippen LogP contribution in [0, 0.1) is 10.1 Å². The lowest BCUT2D eigenvalue weighted by molar-refractivity contribution is -0.384. The summed E-state index contributed by atoms with van der Waals surface area (Å²) < 4.78 is 30.5. The third kappa shape index (κ3) is 5.70. The minimum atomic E-state index is -3.79. The molecule has 38 heavy (non-hydrogen) atoms. The highest BCUT2D eigenvalue weighted by Gasteiger charge is 2.36. The zero-order chi connectivity index (χ0) is 27.4. The first-order chi connectivity index (χ1) is 18.1. The van der Waals surface area contributed by atoms with Gasteiger partial charge in [-0.3, -0.25) is 29.0 Å². The lowest BCUT2D eigenvalue weighted by atomic mass is 9.90. The quantitative estimate of drug-likeness (QED) is 0.189. The summed E-state index contributed by atoms with van der Waals surface area (Å²) in [5.41, 5.74) is 2.39. The van der Waals surface area contributed by atoms with Crippen molar-refractivity contribution >= 4 is 50.4 Å². The van der Waals surface area contributed by atoms with E-state index in [1.807, 2.05) is 6.07 Å². The van der Waals surface area contributed by atoms with Gasteiger partial charge in [0.15, 0.2) is 0 Å². The zero-order valence-electron chi connectivity index (χ0n) is 20.5. The van der Waals surface area contributed by atoms with E-state index in [-0.39, 0.29) is 23.9 Å². The molecule has 1 amide bonds. The van der Waals surface area contributed by atoms with Gasteiger partial charge in [-0.05, 0) is 42.8 Å². The molecular formula is C26H24N4O7S. The number of amides is 1. The van der Waals surface area contributed by atoms with E-state index in [0.717, 1.165) is 10.6 Å². The summed E-state index contributed by atoms with van der Waals surface area (Å²) >= 11 is 0. The number of carbonyl (C=O) groups excluding carboxylic acids is 2. The van der Waals surface area contributed by atoms with Gasteiger partial charge in [0.25, 0.3) is 5.69 Å². The minimum absolute atomic E-state index is 0.118. The molecule has 0 aliphatic carbocycles. The van der Waals surface area contributed by atoms with Gasteiger partial charge in [0, 0.05) is 23.4 Å². The Morgan fingerprint density at radius 1 is 1.11 bits per heavy atom. The molecule has 1 aliphatic rings. The maximum Gasteiger partial charge on any atom is 0.326 e. The van der Waals surface area contributed by atoms with E-state index in [2.05, 4.69) is 5.32 Å². The predicted molar refractivity (Wildman–Crippen MR) is 142 cm³/mol. The Balaban J connectivity index is 1.76. The van der Waals surface area contributed by atoms with Crippen LogP contribution in [0.1, 0.15) is 24.0 Å². The number of nitro benzene ring substituents is 1. The second kappa shape index (κ2) is 10.8. The number of hydrogen-bond donors (Lipinski definition) is 1. The standard InChI is InChI=1S/C26H24N4O7S/c1-3-37-23(31)16-29(38(2,35)36)19-11-9-18(10-12-19)27-25(17-7-5-4-6-8-17)24-21-15-20(30(33)34)13-14-22(21)28-26(24)32/h4-15,24H,3,16H2,1-2H3,(H,28,32). The van der Waals surface area contributed by atoms with Gasteiger partial charge in [-0.25, -0.2) is 8.42 Å². The number of sulfonamides is 1. The molecule has 4 rings (SSSR count). The third-order valence-electron chi connectivity index (χ3n) is 5.79. The number of benzene rings is 3. The fourth-order valence-electron chi connectivity index (χ4n) is 4.10. The summed E-state index contributed by atoms with van der Waals surface area (Å²) in [5.74, 6) is -1.98. The maximum absolute atomic E-state index is 13.0. The molecule has 3 aromatic carbocycles. The highest BCUT2D eigenvalue weighted by Crippen LogP contribution is 2.38. The predicted octanol–water partition coefficient (Wildman–Crippen LogP) is 3.78. The van der Waals surface area contributed by atoms with Crippen molar-refractivity contribution in [3.05, 3.63) is 94.0 Å². The van der Waals surface area contributed by atoms with Crippen LogP contribution in [0.4, 0.5) is 22.7 Å². The van der Waals surface area contributed by atoms with E-state index in [0.29, 0.717) is 28.2 Å². The summed E-state index contributed by atoms with van der Waals surface area (Å²) in [6, 6.07) is 19.2. The number of ether oxygens (including phenoxy) is 1. The maximum atomic E-state index is 13.0. The molecule has 1 atom stereocenters. The molecular weight excluding hydrogens is 512 g/mol. The van der Waals surface area contributed by atoms with E-state index in [1.54, 1.807) is 43.3 Å². The van der Waals surface area contributed by atoms with Gasteiger partial charge < -0.3 is 10.1 Å². The Bertz CT molecular complexity index is 1520. The van der Waals surface area contributed by atoms with Crippen molar-refractivity contribution in [2.24, 2.45) is 4.99 Å². The molecule has 0 saturated heterocycles. The smallest absolute Gasteiger partial charge is 0.326 e. The lowest BCUT2D eigenvalue weighted by Crippen LogP contribution is -2.35. The van der Waals surface area contributed by atoms with Crippen LogP contribution in [-0.2, 0) is 24.3 Å². The fourth-order valence-corrected chi connectivity index (χ4v) is 4.94. The van der Waals surface area contributed by atoms with Crippen LogP contribution in [0.3, 0.4) is 0 Å². The SMILES string of the molecule is CCOC(=O)CN(c1ccc(N=C(c2ccccc2)C2C(=O)Nc3ccc([N+](=O)[O-])cc32)cc1)S(C)(=O)=O. The van der Waals surface area contributed by atoms with Gasteiger partial charge in [-0.15, -0.1) is 0 Å². The third-order valence-corrected chi connectivity index (χ3v) is 6.93. The minimum Gasteiger partial charge on any atom is -0.465 e. The van der Waals surface area contributed by atoms with E-state index in [1.165, 1.54) is 30.3 Å². The highest BCUT2D eigenvalue weighted by atomic mass is 32.2. The summed E-state index contributed by atoms with van der Waals surface area (Å²) in [5, 5.41) is 14.1. The molecule has 0 bridgehead atoms. The molecule has 0 aromatic heterocycles. The van der Waals surface area contributed by atoms with Crippen molar-refractivity contribution in [3.8, 4) is 0 Å². The molecule has 1 heterocycles. The van der Waals surface area contributed by atoms with Crippen LogP contribution in [0.5, 0.6) is 0 Å². The van der Waals surface area contributed by atoms with Crippen LogP contribution in [0.2, 0.25) is 0 Å². The number of esters is 1. The van der Waals surface area contributed by atoms with E-state index >= 15 is 0 Å². The van der Waals surface area contributed by atoms with Crippen molar-refractivity contribution in [3.63, 3.8) is 0 Å². The Labute approximate surface area is 219 Å². The molecule has 1 N–H and O–H groups in total.